The van der Waals surface area contributed by atoms with Crippen LogP contribution in [0.5, 0.6) is 0 Å². The molecule has 0 aromatic heterocycles. The first kappa shape index (κ1) is 14.3. The maximum atomic E-state index is 12.4. The molecular formula is C17H25NO. The molecule has 19 heavy (non-hydrogen) atoms. The van der Waals surface area contributed by atoms with E-state index in [1.54, 1.807) is 0 Å². The third-order valence-corrected chi connectivity index (χ3v) is 4.46. The first-order valence-electron chi connectivity index (χ1n) is 7.48. The monoisotopic (exact) mass is 259 g/mol. The van der Waals surface area contributed by atoms with Crippen molar-refractivity contribution in [2.24, 2.45) is 11.7 Å². The molecule has 1 fully saturated rings. The predicted octanol–water partition coefficient (Wildman–Crippen LogP) is 3.79. The van der Waals surface area contributed by atoms with E-state index < -0.39 is 5.54 Å². The number of hydrogen-bond acceptors (Lipinski definition) is 2. The molecule has 104 valence electrons. The van der Waals surface area contributed by atoms with Crippen molar-refractivity contribution in [3.05, 3.63) is 35.9 Å². The van der Waals surface area contributed by atoms with Gasteiger partial charge in [0.25, 0.3) is 0 Å². The van der Waals surface area contributed by atoms with E-state index in [1.165, 1.54) is 32.1 Å². The zero-order chi connectivity index (χ0) is 13.7. The van der Waals surface area contributed by atoms with E-state index in [0.29, 0.717) is 6.42 Å². The third kappa shape index (κ3) is 3.66. The van der Waals surface area contributed by atoms with Crippen molar-refractivity contribution >= 4 is 5.78 Å². The molecule has 0 bridgehead atoms. The Bertz CT molecular complexity index is 405. The number of ketones is 1. The lowest BCUT2D eigenvalue weighted by atomic mass is 9.81. The number of benzene rings is 1. The fourth-order valence-corrected chi connectivity index (χ4v) is 3.02. The summed E-state index contributed by atoms with van der Waals surface area (Å²) in [6, 6.07) is 9.72. The average molecular weight is 259 g/mol. The van der Waals surface area contributed by atoms with Gasteiger partial charge in [0.2, 0.25) is 0 Å². The van der Waals surface area contributed by atoms with Crippen molar-refractivity contribution in [3.8, 4) is 0 Å². The molecule has 1 aromatic carbocycles. The lowest BCUT2D eigenvalue weighted by Gasteiger charge is -2.26. The van der Waals surface area contributed by atoms with Crippen molar-refractivity contribution < 1.29 is 4.79 Å². The average Bonchev–Trinajstić information content (AvgIpc) is 2.46. The van der Waals surface area contributed by atoms with Gasteiger partial charge in [0.15, 0.2) is 5.78 Å². The molecule has 1 saturated carbocycles. The highest BCUT2D eigenvalue weighted by atomic mass is 16.1. The van der Waals surface area contributed by atoms with Crippen LogP contribution < -0.4 is 5.73 Å². The standard InChI is InChI=1S/C17H25NO/c1-17(18,15-10-6-3-7-11-15)16(19)13-12-14-8-4-2-5-9-14/h3,6-7,10-11,14H,2,4-5,8-9,12-13,18H2,1H3. The molecule has 0 aliphatic heterocycles. The Kier molecular flexibility index (Phi) is 4.76. The Morgan fingerprint density at radius 3 is 2.47 bits per heavy atom. The van der Waals surface area contributed by atoms with Gasteiger partial charge >= 0.3 is 0 Å². The number of rotatable bonds is 5. The maximum absolute atomic E-state index is 12.4. The minimum atomic E-state index is -0.837. The molecule has 2 nitrogen and oxygen atoms in total. The molecule has 2 rings (SSSR count). The minimum absolute atomic E-state index is 0.171. The Balaban J connectivity index is 1.91. The summed E-state index contributed by atoms with van der Waals surface area (Å²) < 4.78 is 0. The molecule has 2 N–H and O–H groups in total. The highest BCUT2D eigenvalue weighted by Gasteiger charge is 2.30. The van der Waals surface area contributed by atoms with Crippen LogP contribution in [0, 0.1) is 5.92 Å². The molecule has 1 atom stereocenters. The van der Waals surface area contributed by atoms with Gasteiger partial charge in [0.05, 0.1) is 5.54 Å². The molecule has 0 radical (unpaired) electrons. The third-order valence-electron chi connectivity index (χ3n) is 4.46. The number of carbonyl (C=O) groups excluding carboxylic acids is 1. The molecule has 0 saturated heterocycles. The first-order valence-corrected chi connectivity index (χ1v) is 7.48. The number of nitrogens with two attached hydrogens (primary N) is 1. The van der Waals surface area contributed by atoms with E-state index in [9.17, 15) is 4.79 Å². The summed E-state index contributed by atoms with van der Waals surface area (Å²) in [5.74, 6) is 0.911. The smallest absolute Gasteiger partial charge is 0.156 e. The van der Waals surface area contributed by atoms with E-state index >= 15 is 0 Å². The molecule has 0 spiro atoms. The van der Waals surface area contributed by atoms with Crippen LogP contribution in [-0.2, 0) is 10.3 Å². The molecule has 1 aliphatic carbocycles. The van der Waals surface area contributed by atoms with E-state index in [2.05, 4.69) is 0 Å². The normalized spacial score (nSPS) is 19.9. The molecule has 2 heteroatoms. The Morgan fingerprint density at radius 1 is 1.21 bits per heavy atom. The largest absolute Gasteiger partial charge is 0.315 e. The van der Waals surface area contributed by atoms with E-state index in [-0.39, 0.29) is 5.78 Å². The van der Waals surface area contributed by atoms with Gasteiger partial charge in [0.1, 0.15) is 0 Å². The van der Waals surface area contributed by atoms with Crippen molar-refractivity contribution in [1.29, 1.82) is 0 Å². The lowest BCUT2D eigenvalue weighted by Crippen LogP contribution is -2.41. The highest BCUT2D eigenvalue weighted by molar-refractivity contribution is 5.88. The fourth-order valence-electron chi connectivity index (χ4n) is 3.02. The summed E-state index contributed by atoms with van der Waals surface area (Å²) >= 11 is 0. The fraction of sp³-hybridized carbons (Fsp3) is 0.588. The van der Waals surface area contributed by atoms with Crippen molar-refractivity contribution in [2.75, 3.05) is 0 Å². The van der Waals surface area contributed by atoms with Gasteiger partial charge in [-0.2, -0.15) is 0 Å². The van der Waals surface area contributed by atoms with Gasteiger partial charge in [0, 0.05) is 6.42 Å². The SMILES string of the molecule is CC(N)(C(=O)CCC1CCCCC1)c1ccccc1. The van der Waals surface area contributed by atoms with Crippen LogP contribution in [0.15, 0.2) is 30.3 Å². The van der Waals surface area contributed by atoms with Crippen LogP contribution in [0.1, 0.15) is 57.4 Å². The Morgan fingerprint density at radius 2 is 1.84 bits per heavy atom. The van der Waals surface area contributed by atoms with Crippen molar-refractivity contribution in [2.45, 2.75) is 57.4 Å². The number of carbonyl (C=O) groups is 1. The van der Waals surface area contributed by atoms with Crippen molar-refractivity contribution in [3.63, 3.8) is 0 Å². The lowest BCUT2D eigenvalue weighted by molar-refractivity contribution is -0.124. The topological polar surface area (TPSA) is 43.1 Å². The summed E-state index contributed by atoms with van der Waals surface area (Å²) in [5, 5.41) is 0. The quantitative estimate of drug-likeness (QED) is 0.874. The summed E-state index contributed by atoms with van der Waals surface area (Å²) in [7, 11) is 0. The first-order chi connectivity index (χ1) is 9.10. The van der Waals surface area contributed by atoms with Crippen LogP contribution in [0.2, 0.25) is 0 Å². The molecular weight excluding hydrogens is 234 g/mol. The van der Waals surface area contributed by atoms with Gasteiger partial charge in [-0.25, -0.2) is 0 Å². The second kappa shape index (κ2) is 6.33. The van der Waals surface area contributed by atoms with Crippen LogP contribution >= 0.6 is 0 Å². The van der Waals surface area contributed by atoms with Crippen LogP contribution in [0.3, 0.4) is 0 Å². The zero-order valence-electron chi connectivity index (χ0n) is 11.9. The summed E-state index contributed by atoms with van der Waals surface area (Å²) in [6.45, 7) is 1.84. The second-order valence-electron chi connectivity index (χ2n) is 6.03. The minimum Gasteiger partial charge on any atom is -0.315 e. The summed E-state index contributed by atoms with van der Waals surface area (Å²) in [5.41, 5.74) is 6.33. The van der Waals surface area contributed by atoms with Crippen LogP contribution in [0.25, 0.3) is 0 Å². The van der Waals surface area contributed by atoms with Gasteiger partial charge in [-0.1, -0.05) is 62.4 Å². The number of Topliss-reactive ketones (excluding diaryl/α,β-unsaturated/α-hetero) is 1. The summed E-state index contributed by atoms with van der Waals surface area (Å²) in [6.07, 6.45) is 8.24. The molecule has 1 aliphatic rings. The van der Waals surface area contributed by atoms with E-state index in [4.69, 9.17) is 5.73 Å². The maximum Gasteiger partial charge on any atom is 0.156 e. The molecule has 0 heterocycles. The molecule has 1 unspecified atom stereocenters. The van der Waals surface area contributed by atoms with Crippen molar-refractivity contribution in [1.82, 2.24) is 0 Å². The predicted molar refractivity (Wildman–Crippen MR) is 78.8 cm³/mol. The zero-order valence-corrected chi connectivity index (χ0v) is 11.9. The number of hydrogen-bond donors (Lipinski definition) is 1. The van der Waals surface area contributed by atoms with Gasteiger partial charge in [-0.3, -0.25) is 4.79 Å². The van der Waals surface area contributed by atoms with Gasteiger partial charge in [-0.15, -0.1) is 0 Å². The van der Waals surface area contributed by atoms with Crippen LogP contribution in [0.4, 0.5) is 0 Å². The van der Waals surface area contributed by atoms with E-state index in [0.717, 1.165) is 17.9 Å². The molecule has 0 amide bonds. The van der Waals surface area contributed by atoms with Gasteiger partial charge in [-0.05, 0) is 24.8 Å². The summed E-state index contributed by atoms with van der Waals surface area (Å²) in [4.78, 5) is 12.4. The Labute approximate surface area is 116 Å². The van der Waals surface area contributed by atoms with Crippen LogP contribution in [-0.4, -0.2) is 5.78 Å². The Hall–Kier alpha value is -1.15. The molecule has 1 aromatic rings. The van der Waals surface area contributed by atoms with Gasteiger partial charge < -0.3 is 5.73 Å². The highest BCUT2D eigenvalue weighted by Crippen LogP contribution is 2.29. The second-order valence-corrected chi connectivity index (χ2v) is 6.03. The van der Waals surface area contributed by atoms with E-state index in [1.807, 2.05) is 37.3 Å².